The van der Waals surface area contributed by atoms with Crippen molar-refractivity contribution in [2.24, 2.45) is 9.98 Å². The third kappa shape index (κ3) is 3.90. The third-order valence-electron chi connectivity index (χ3n) is 0.971. The summed E-state index contributed by atoms with van der Waals surface area (Å²) in [6.07, 6.45) is -3.02. The maximum absolute atomic E-state index is 12.0. The predicted molar refractivity (Wildman–Crippen MR) is 42.7 cm³/mol. The van der Waals surface area contributed by atoms with E-state index in [-0.39, 0.29) is 0 Å². The number of rotatable bonds is 3. The summed E-state index contributed by atoms with van der Waals surface area (Å²) >= 11 is 0. The van der Waals surface area contributed by atoms with Crippen LogP contribution < -0.4 is 0 Å². The van der Waals surface area contributed by atoms with Crippen molar-refractivity contribution in [3.8, 4) is 0 Å². The van der Waals surface area contributed by atoms with Gasteiger partial charge in [-0.05, 0) is 13.6 Å². The molecule has 0 fully saturated rings. The average Bonchev–Trinajstić information content (AvgIpc) is 1.95. The molecule has 0 aromatic carbocycles. The summed E-state index contributed by atoms with van der Waals surface area (Å²) < 4.78 is 35.9. The molecular formula is C7H9F3N2. The van der Waals surface area contributed by atoms with E-state index in [1.54, 1.807) is 6.92 Å². The summed E-state index contributed by atoms with van der Waals surface area (Å²) in [5, 5.41) is 0. The molecule has 12 heavy (non-hydrogen) atoms. The van der Waals surface area contributed by atoms with E-state index in [1.807, 2.05) is 0 Å². The molecule has 0 aliphatic carbocycles. The first-order valence-corrected chi connectivity index (χ1v) is 3.25. The minimum absolute atomic E-state index is 0.310. The molecule has 0 saturated heterocycles. The molecule has 2 nitrogen and oxygen atoms in total. The lowest BCUT2D eigenvalue weighted by atomic mass is 10.3. The van der Waals surface area contributed by atoms with Gasteiger partial charge in [0.25, 0.3) is 0 Å². The number of hydrogen-bond donors (Lipinski definition) is 0. The van der Waals surface area contributed by atoms with Crippen LogP contribution >= 0.6 is 0 Å². The van der Waals surface area contributed by atoms with E-state index in [9.17, 15) is 13.2 Å². The van der Waals surface area contributed by atoms with Crippen molar-refractivity contribution in [3.05, 3.63) is 11.8 Å². The van der Waals surface area contributed by atoms with Crippen molar-refractivity contribution in [2.75, 3.05) is 6.54 Å². The number of halogens is 3. The summed E-state index contributed by atoms with van der Waals surface area (Å²) in [6.45, 7) is 4.89. The summed E-state index contributed by atoms with van der Waals surface area (Å²) in [5.74, 6) is 0. The molecule has 0 aliphatic rings. The Balaban J connectivity index is 4.57. The van der Waals surface area contributed by atoms with Crippen LogP contribution in [0.4, 0.5) is 13.2 Å². The van der Waals surface area contributed by atoms with Crippen LogP contribution in [0.3, 0.4) is 0 Å². The first-order valence-electron chi connectivity index (χ1n) is 3.25. The van der Waals surface area contributed by atoms with Crippen LogP contribution in [-0.2, 0) is 0 Å². The zero-order chi connectivity index (χ0) is 9.61. The second-order valence-electron chi connectivity index (χ2n) is 1.89. The van der Waals surface area contributed by atoms with Gasteiger partial charge in [0.1, 0.15) is 0 Å². The number of hydrogen-bond acceptors (Lipinski definition) is 2. The highest BCUT2D eigenvalue weighted by molar-refractivity contribution is 5.80. The third-order valence-corrected chi connectivity index (χ3v) is 0.971. The van der Waals surface area contributed by atoms with E-state index < -0.39 is 11.7 Å². The topological polar surface area (TPSA) is 24.7 Å². The maximum Gasteiger partial charge on any atom is 0.419 e. The molecule has 0 aliphatic heterocycles. The first-order chi connectivity index (χ1) is 5.52. The number of alkyl halides is 3. The standard InChI is InChI=1S/C7H9F3N2/c1-3-12-5-6(4-11-2)7(8,9)10/h4-5H,2-3H2,1H3/b6-4+,12-5?. The van der Waals surface area contributed by atoms with Gasteiger partial charge in [0.05, 0.1) is 5.57 Å². The summed E-state index contributed by atoms with van der Waals surface area (Å²) in [6, 6.07) is 0. The molecule has 0 aromatic heterocycles. The number of aliphatic imine (C=N–C) groups is 2. The molecule has 0 bridgehead atoms. The molecular weight excluding hydrogens is 169 g/mol. The minimum Gasteiger partial charge on any atom is -0.293 e. The fourth-order valence-corrected chi connectivity index (χ4v) is 0.468. The minimum atomic E-state index is -4.40. The smallest absolute Gasteiger partial charge is 0.293 e. The van der Waals surface area contributed by atoms with Crippen LogP contribution in [0.25, 0.3) is 0 Å². The van der Waals surface area contributed by atoms with E-state index in [0.717, 1.165) is 6.21 Å². The molecule has 0 heterocycles. The lowest BCUT2D eigenvalue weighted by Gasteiger charge is -2.04. The van der Waals surface area contributed by atoms with Gasteiger partial charge in [0.15, 0.2) is 0 Å². The van der Waals surface area contributed by atoms with E-state index in [2.05, 4.69) is 16.7 Å². The van der Waals surface area contributed by atoms with Crippen molar-refractivity contribution < 1.29 is 13.2 Å². The van der Waals surface area contributed by atoms with Gasteiger partial charge >= 0.3 is 6.18 Å². The Bertz CT molecular complexity index is 203. The summed E-state index contributed by atoms with van der Waals surface area (Å²) in [5.41, 5.74) is -0.889. The van der Waals surface area contributed by atoms with E-state index in [4.69, 9.17) is 0 Å². The highest BCUT2D eigenvalue weighted by Crippen LogP contribution is 2.23. The van der Waals surface area contributed by atoms with Crippen molar-refractivity contribution in [3.63, 3.8) is 0 Å². The molecule has 0 atom stereocenters. The Labute approximate surface area is 68.5 Å². The van der Waals surface area contributed by atoms with Crippen LogP contribution in [-0.4, -0.2) is 25.7 Å². The first kappa shape index (κ1) is 10.9. The number of allylic oxidation sites excluding steroid dienone is 1. The Kier molecular flexibility index (Phi) is 4.25. The average molecular weight is 178 g/mol. The molecule has 0 saturated carbocycles. The largest absolute Gasteiger partial charge is 0.419 e. The van der Waals surface area contributed by atoms with Crippen LogP contribution in [0.1, 0.15) is 6.92 Å². The second kappa shape index (κ2) is 4.69. The van der Waals surface area contributed by atoms with E-state index >= 15 is 0 Å². The van der Waals surface area contributed by atoms with Gasteiger partial charge in [0.2, 0.25) is 0 Å². The van der Waals surface area contributed by atoms with Gasteiger partial charge in [-0.1, -0.05) is 0 Å². The highest BCUT2D eigenvalue weighted by Gasteiger charge is 2.32. The van der Waals surface area contributed by atoms with Gasteiger partial charge in [-0.2, -0.15) is 13.2 Å². The lowest BCUT2D eigenvalue weighted by molar-refractivity contribution is -0.0857. The van der Waals surface area contributed by atoms with Crippen LogP contribution in [0.2, 0.25) is 0 Å². The maximum atomic E-state index is 12.0. The van der Waals surface area contributed by atoms with E-state index in [1.165, 1.54) is 0 Å². The summed E-state index contributed by atoms with van der Waals surface area (Å²) in [4.78, 5) is 6.49. The molecule has 0 amide bonds. The Hall–Kier alpha value is -1.13. The van der Waals surface area contributed by atoms with Crippen molar-refractivity contribution in [2.45, 2.75) is 13.1 Å². The fraction of sp³-hybridized carbons (Fsp3) is 0.429. The Morgan fingerprint density at radius 3 is 2.42 bits per heavy atom. The quantitative estimate of drug-likeness (QED) is 0.592. The van der Waals surface area contributed by atoms with Gasteiger partial charge in [-0.3, -0.25) is 9.98 Å². The molecule has 0 N–H and O–H groups in total. The van der Waals surface area contributed by atoms with Gasteiger partial charge in [-0.15, -0.1) is 0 Å². The van der Waals surface area contributed by atoms with Crippen molar-refractivity contribution in [1.82, 2.24) is 0 Å². The van der Waals surface area contributed by atoms with Crippen LogP contribution in [0.5, 0.6) is 0 Å². The molecule has 0 unspecified atom stereocenters. The normalized spacial score (nSPS) is 13.8. The Morgan fingerprint density at radius 1 is 1.50 bits per heavy atom. The zero-order valence-corrected chi connectivity index (χ0v) is 6.60. The molecule has 0 aromatic rings. The highest BCUT2D eigenvalue weighted by atomic mass is 19.4. The monoisotopic (exact) mass is 178 g/mol. The molecule has 0 rings (SSSR count). The fourth-order valence-electron chi connectivity index (χ4n) is 0.468. The van der Waals surface area contributed by atoms with Gasteiger partial charge < -0.3 is 0 Å². The SMILES string of the molecule is C=N/C=C(\C=NCC)C(F)(F)F. The molecule has 5 heteroatoms. The van der Waals surface area contributed by atoms with Crippen molar-refractivity contribution in [1.29, 1.82) is 0 Å². The molecule has 0 spiro atoms. The number of nitrogens with zero attached hydrogens (tertiary/aromatic N) is 2. The Morgan fingerprint density at radius 2 is 2.08 bits per heavy atom. The lowest BCUT2D eigenvalue weighted by Crippen LogP contribution is -2.12. The van der Waals surface area contributed by atoms with E-state index in [0.29, 0.717) is 12.7 Å². The second-order valence-corrected chi connectivity index (χ2v) is 1.89. The van der Waals surface area contributed by atoms with Gasteiger partial charge in [-0.25, -0.2) is 0 Å². The van der Waals surface area contributed by atoms with Crippen LogP contribution in [0.15, 0.2) is 21.8 Å². The predicted octanol–water partition coefficient (Wildman–Crippen LogP) is 2.22. The summed E-state index contributed by atoms with van der Waals surface area (Å²) in [7, 11) is 0. The van der Waals surface area contributed by atoms with Gasteiger partial charge in [0, 0.05) is 19.0 Å². The molecule has 68 valence electrons. The van der Waals surface area contributed by atoms with Crippen LogP contribution in [0, 0.1) is 0 Å². The molecule has 0 radical (unpaired) electrons. The van der Waals surface area contributed by atoms with Crippen molar-refractivity contribution >= 4 is 12.9 Å². The zero-order valence-electron chi connectivity index (χ0n) is 6.60.